The minimum absolute atomic E-state index is 0.167. The summed E-state index contributed by atoms with van der Waals surface area (Å²) in [5, 5.41) is 9.82. The fraction of sp³-hybridized carbons (Fsp3) is 0.409. The maximum absolute atomic E-state index is 12.0. The molecule has 1 heterocycles. The quantitative estimate of drug-likeness (QED) is 0.654. The third-order valence-corrected chi connectivity index (χ3v) is 5.68. The first-order valence-electron chi connectivity index (χ1n) is 9.60. The van der Waals surface area contributed by atoms with Gasteiger partial charge in [0.05, 0.1) is 19.8 Å². The topological polar surface area (TPSA) is 59.0 Å². The van der Waals surface area contributed by atoms with Gasteiger partial charge in [0.1, 0.15) is 6.04 Å². The number of methoxy groups -OCH3 is 1. The van der Waals surface area contributed by atoms with Crippen molar-refractivity contribution >= 4 is 21.9 Å². The molecule has 1 fully saturated rings. The highest BCUT2D eigenvalue weighted by Crippen LogP contribution is 2.38. The van der Waals surface area contributed by atoms with Crippen molar-refractivity contribution in [3.63, 3.8) is 0 Å². The SMILES string of the molecule is CCOc1cc(C(c2ccc(Br)cc2)N2CCCCC2C(=O)O)ccc1OC. The molecule has 150 valence electrons. The van der Waals surface area contributed by atoms with Crippen LogP contribution < -0.4 is 9.47 Å². The molecule has 1 aliphatic heterocycles. The standard InChI is InChI=1S/C22H26BrNO4/c1-3-28-20-14-16(9-12-19(20)27-2)21(15-7-10-17(23)11-8-15)24-13-5-4-6-18(24)22(25)26/h7-12,14,18,21H,3-6,13H2,1-2H3,(H,25,26). The molecule has 2 aromatic carbocycles. The smallest absolute Gasteiger partial charge is 0.320 e. The average molecular weight is 448 g/mol. The molecule has 0 amide bonds. The first kappa shape index (κ1) is 20.7. The third kappa shape index (κ3) is 4.50. The number of halogens is 1. The van der Waals surface area contributed by atoms with Gasteiger partial charge in [-0.25, -0.2) is 0 Å². The molecule has 2 unspecified atom stereocenters. The maximum Gasteiger partial charge on any atom is 0.320 e. The van der Waals surface area contributed by atoms with E-state index in [0.29, 0.717) is 24.5 Å². The van der Waals surface area contributed by atoms with E-state index in [1.165, 1.54) is 0 Å². The van der Waals surface area contributed by atoms with Crippen molar-refractivity contribution in [3.8, 4) is 11.5 Å². The molecule has 28 heavy (non-hydrogen) atoms. The molecule has 0 saturated carbocycles. The van der Waals surface area contributed by atoms with Crippen LogP contribution in [0.1, 0.15) is 43.4 Å². The van der Waals surface area contributed by atoms with Crippen LogP contribution in [0.5, 0.6) is 11.5 Å². The molecule has 1 saturated heterocycles. The van der Waals surface area contributed by atoms with Crippen LogP contribution in [0.15, 0.2) is 46.9 Å². The lowest BCUT2D eigenvalue weighted by atomic mass is 9.91. The number of piperidine rings is 1. The Bertz CT molecular complexity index is 809. The maximum atomic E-state index is 12.0. The third-order valence-electron chi connectivity index (χ3n) is 5.15. The second-order valence-corrected chi connectivity index (χ2v) is 7.80. The second kappa shape index (κ2) is 9.43. The van der Waals surface area contributed by atoms with Gasteiger partial charge < -0.3 is 14.6 Å². The van der Waals surface area contributed by atoms with Gasteiger partial charge in [-0.05, 0) is 61.7 Å². The van der Waals surface area contributed by atoms with Crippen LogP contribution in [0.4, 0.5) is 0 Å². The van der Waals surface area contributed by atoms with E-state index < -0.39 is 12.0 Å². The molecular formula is C22H26BrNO4. The zero-order chi connectivity index (χ0) is 20.1. The summed E-state index contributed by atoms with van der Waals surface area (Å²) in [6.07, 6.45) is 2.59. The molecule has 0 aromatic heterocycles. The summed E-state index contributed by atoms with van der Waals surface area (Å²) in [4.78, 5) is 14.1. The van der Waals surface area contributed by atoms with Gasteiger partial charge in [-0.15, -0.1) is 0 Å². The van der Waals surface area contributed by atoms with Crippen LogP contribution in [0.2, 0.25) is 0 Å². The Labute approximate surface area is 174 Å². The predicted octanol–water partition coefficient (Wildman–Crippen LogP) is 4.88. The number of carbonyl (C=O) groups is 1. The minimum Gasteiger partial charge on any atom is -0.493 e. The number of aliphatic carboxylic acids is 1. The zero-order valence-corrected chi connectivity index (χ0v) is 17.8. The Hall–Kier alpha value is -2.05. The summed E-state index contributed by atoms with van der Waals surface area (Å²) in [7, 11) is 1.62. The van der Waals surface area contributed by atoms with Gasteiger partial charge in [0.2, 0.25) is 0 Å². The van der Waals surface area contributed by atoms with E-state index in [9.17, 15) is 9.90 Å². The largest absolute Gasteiger partial charge is 0.493 e. The van der Waals surface area contributed by atoms with Gasteiger partial charge in [0.15, 0.2) is 11.5 Å². The van der Waals surface area contributed by atoms with Crippen molar-refractivity contribution in [2.75, 3.05) is 20.3 Å². The highest BCUT2D eigenvalue weighted by Gasteiger charge is 2.35. The molecule has 0 aliphatic carbocycles. The van der Waals surface area contributed by atoms with Crippen LogP contribution in [0.3, 0.4) is 0 Å². The fourth-order valence-electron chi connectivity index (χ4n) is 3.88. The number of hydrogen-bond donors (Lipinski definition) is 1. The number of likely N-dealkylation sites (tertiary alicyclic amines) is 1. The highest BCUT2D eigenvalue weighted by molar-refractivity contribution is 9.10. The number of rotatable bonds is 7. The van der Waals surface area contributed by atoms with E-state index in [-0.39, 0.29) is 6.04 Å². The summed E-state index contributed by atoms with van der Waals surface area (Å²) in [5.74, 6) is 0.586. The average Bonchev–Trinajstić information content (AvgIpc) is 2.70. The molecule has 0 radical (unpaired) electrons. The van der Waals surface area contributed by atoms with Gasteiger partial charge in [-0.2, -0.15) is 0 Å². The van der Waals surface area contributed by atoms with E-state index in [1.807, 2.05) is 49.4 Å². The van der Waals surface area contributed by atoms with Crippen LogP contribution in [-0.4, -0.2) is 42.3 Å². The Morgan fingerprint density at radius 1 is 1.18 bits per heavy atom. The first-order valence-corrected chi connectivity index (χ1v) is 10.4. The van der Waals surface area contributed by atoms with Gasteiger partial charge in [0, 0.05) is 4.47 Å². The van der Waals surface area contributed by atoms with E-state index in [1.54, 1.807) is 7.11 Å². The molecule has 1 N–H and O–H groups in total. The summed E-state index contributed by atoms with van der Waals surface area (Å²) in [6.45, 7) is 3.21. The van der Waals surface area contributed by atoms with Crippen LogP contribution in [0, 0.1) is 0 Å². The number of benzene rings is 2. The lowest BCUT2D eigenvalue weighted by Gasteiger charge is -2.39. The molecule has 2 aromatic rings. The lowest BCUT2D eigenvalue weighted by molar-refractivity contribution is -0.145. The monoisotopic (exact) mass is 447 g/mol. The van der Waals surface area contributed by atoms with Gasteiger partial charge in [-0.3, -0.25) is 9.69 Å². The molecule has 0 spiro atoms. The van der Waals surface area contributed by atoms with Crippen molar-refractivity contribution in [2.24, 2.45) is 0 Å². The molecule has 1 aliphatic rings. The first-order chi connectivity index (χ1) is 13.5. The normalized spacial score (nSPS) is 18.5. The predicted molar refractivity (Wildman–Crippen MR) is 112 cm³/mol. The molecule has 3 rings (SSSR count). The Kier molecular flexibility index (Phi) is 6.97. The van der Waals surface area contributed by atoms with Gasteiger partial charge >= 0.3 is 5.97 Å². The van der Waals surface area contributed by atoms with Crippen LogP contribution in [0.25, 0.3) is 0 Å². The van der Waals surface area contributed by atoms with Crippen molar-refractivity contribution < 1.29 is 19.4 Å². The number of carboxylic acids is 1. The zero-order valence-electron chi connectivity index (χ0n) is 16.2. The van der Waals surface area contributed by atoms with Crippen molar-refractivity contribution in [2.45, 2.75) is 38.3 Å². The van der Waals surface area contributed by atoms with E-state index in [2.05, 4.69) is 20.8 Å². The van der Waals surface area contributed by atoms with Crippen molar-refractivity contribution in [1.82, 2.24) is 4.90 Å². The summed E-state index contributed by atoms with van der Waals surface area (Å²) < 4.78 is 12.2. The molecule has 6 heteroatoms. The molecule has 5 nitrogen and oxygen atoms in total. The Morgan fingerprint density at radius 3 is 2.54 bits per heavy atom. The second-order valence-electron chi connectivity index (χ2n) is 6.89. The molecule has 0 bridgehead atoms. The van der Waals surface area contributed by atoms with Crippen molar-refractivity contribution in [3.05, 3.63) is 58.1 Å². The molecule has 2 atom stereocenters. The highest BCUT2D eigenvalue weighted by atomic mass is 79.9. The summed E-state index contributed by atoms with van der Waals surface area (Å²) in [6, 6.07) is 13.3. The Balaban J connectivity index is 2.09. The van der Waals surface area contributed by atoms with E-state index in [4.69, 9.17) is 9.47 Å². The number of hydrogen-bond acceptors (Lipinski definition) is 4. The summed E-state index contributed by atoms with van der Waals surface area (Å²) >= 11 is 3.49. The van der Waals surface area contributed by atoms with Gasteiger partial charge in [-0.1, -0.05) is 40.5 Å². The number of carboxylic acid groups (broad SMARTS) is 1. The fourth-order valence-corrected chi connectivity index (χ4v) is 4.14. The number of ether oxygens (including phenoxy) is 2. The van der Waals surface area contributed by atoms with E-state index in [0.717, 1.165) is 35.0 Å². The lowest BCUT2D eigenvalue weighted by Crippen LogP contribution is -2.46. The minimum atomic E-state index is -0.764. The van der Waals surface area contributed by atoms with Crippen molar-refractivity contribution in [1.29, 1.82) is 0 Å². The van der Waals surface area contributed by atoms with E-state index >= 15 is 0 Å². The Morgan fingerprint density at radius 2 is 1.89 bits per heavy atom. The molecular weight excluding hydrogens is 422 g/mol. The number of nitrogens with zero attached hydrogens (tertiary/aromatic N) is 1. The van der Waals surface area contributed by atoms with Gasteiger partial charge in [0.25, 0.3) is 0 Å². The summed E-state index contributed by atoms with van der Waals surface area (Å²) in [5.41, 5.74) is 2.06. The van der Waals surface area contributed by atoms with Crippen LogP contribution in [-0.2, 0) is 4.79 Å². The van der Waals surface area contributed by atoms with Crippen LogP contribution >= 0.6 is 15.9 Å².